The maximum absolute atomic E-state index is 7.41. The highest BCUT2D eigenvalue weighted by Gasteiger charge is 2.30. The monoisotopic (exact) mass is 1440 g/mol. The fourth-order valence-corrected chi connectivity index (χ4v) is 16.4. The molecule has 2 heteroatoms. The van der Waals surface area contributed by atoms with Crippen LogP contribution in [0.25, 0.3) is 111 Å². The SMILES string of the molecule is CCCCCCc1cc(C)cc(-c2cc(-c3ccc4c(c3)Oc3cc(C)ccc3N4c3cc(-c4cc(-c5ccc(C(C)(C)C)cc5)cc(-c5ccc(C(C)(C)C)cc5)c4)cc(-c4cc(-c5ccc(C(C)(C)C)cc5)cc(-c5ccc(C(C)(C)C)cc5)c4)c3)cc3c(-c4cc(C)cc(CCCCCC)c4)cc(C)cc23)c1. The molecule has 0 aromatic heterocycles. The Morgan fingerprint density at radius 3 is 0.964 bits per heavy atom. The molecule has 13 aromatic rings. The summed E-state index contributed by atoms with van der Waals surface area (Å²) in [5, 5.41) is 2.54. The average molecular weight is 1440 g/mol. The molecular formula is C108H115NO. The van der Waals surface area contributed by atoms with Crippen LogP contribution in [0.15, 0.2) is 249 Å². The molecule has 0 atom stereocenters. The number of aryl methyl sites for hydroxylation is 6. The van der Waals surface area contributed by atoms with E-state index in [0.29, 0.717) is 0 Å². The van der Waals surface area contributed by atoms with E-state index in [9.17, 15) is 0 Å². The highest BCUT2D eigenvalue weighted by atomic mass is 16.5. The smallest absolute Gasteiger partial charge is 0.152 e. The van der Waals surface area contributed by atoms with Crippen molar-refractivity contribution in [2.24, 2.45) is 0 Å². The van der Waals surface area contributed by atoms with E-state index < -0.39 is 0 Å². The molecular weight excluding hydrogens is 1330 g/mol. The first kappa shape index (κ1) is 76.5. The van der Waals surface area contributed by atoms with Gasteiger partial charge in [-0.1, -0.05) is 304 Å². The number of fused-ring (bicyclic) bond motifs is 3. The second-order valence-corrected chi connectivity index (χ2v) is 36.2. The molecule has 0 saturated heterocycles. The third kappa shape index (κ3) is 17.0. The van der Waals surface area contributed by atoms with Crippen LogP contribution in [-0.2, 0) is 34.5 Å². The van der Waals surface area contributed by atoms with Crippen molar-refractivity contribution in [2.75, 3.05) is 4.90 Å². The summed E-state index contributed by atoms with van der Waals surface area (Å²) < 4.78 is 7.41. The number of rotatable bonds is 20. The van der Waals surface area contributed by atoms with E-state index in [2.05, 4.69) is 378 Å². The summed E-state index contributed by atoms with van der Waals surface area (Å²) in [6.07, 6.45) is 12.1. The number of unbranched alkanes of at least 4 members (excludes halogenated alkanes) is 6. The van der Waals surface area contributed by atoms with Crippen molar-refractivity contribution in [2.45, 2.75) is 210 Å². The Labute approximate surface area is 659 Å². The molecule has 0 radical (unpaired) electrons. The zero-order valence-electron chi connectivity index (χ0n) is 69.1. The molecule has 2 nitrogen and oxygen atoms in total. The van der Waals surface area contributed by atoms with Crippen LogP contribution in [0.5, 0.6) is 11.5 Å². The largest absolute Gasteiger partial charge is 0.453 e. The summed E-state index contributed by atoms with van der Waals surface area (Å²) in [5.41, 5.74) is 37.4. The van der Waals surface area contributed by atoms with Gasteiger partial charge in [0.25, 0.3) is 0 Å². The fraction of sp³-hybridized carbons (Fsp3) is 0.296. The predicted octanol–water partition coefficient (Wildman–Crippen LogP) is 32.1. The highest BCUT2D eigenvalue weighted by molar-refractivity contribution is 6.08. The molecule has 0 saturated carbocycles. The van der Waals surface area contributed by atoms with Gasteiger partial charge in [0.05, 0.1) is 11.4 Å². The topological polar surface area (TPSA) is 12.5 Å². The molecule has 0 bridgehead atoms. The van der Waals surface area contributed by atoms with E-state index in [-0.39, 0.29) is 21.7 Å². The van der Waals surface area contributed by atoms with E-state index in [1.54, 1.807) is 0 Å². The van der Waals surface area contributed by atoms with Crippen LogP contribution >= 0.6 is 0 Å². The molecule has 14 rings (SSSR count). The summed E-state index contributed by atoms with van der Waals surface area (Å²) in [6, 6.07) is 97.2. The lowest BCUT2D eigenvalue weighted by molar-refractivity contribution is 0.477. The molecule has 1 aliphatic rings. The van der Waals surface area contributed by atoms with Gasteiger partial charge in [-0.05, 0) is 321 Å². The number of benzene rings is 13. The summed E-state index contributed by atoms with van der Waals surface area (Å²) in [5.74, 6) is 1.62. The first-order chi connectivity index (χ1) is 52.5. The molecule has 110 heavy (non-hydrogen) atoms. The summed E-state index contributed by atoms with van der Waals surface area (Å²) in [7, 11) is 0. The van der Waals surface area contributed by atoms with Gasteiger partial charge in [-0.3, -0.25) is 0 Å². The highest BCUT2D eigenvalue weighted by Crippen LogP contribution is 2.54. The van der Waals surface area contributed by atoms with Gasteiger partial charge in [0.2, 0.25) is 0 Å². The minimum absolute atomic E-state index is 0.0133. The number of hydrogen-bond donors (Lipinski definition) is 0. The maximum atomic E-state index is 7.41. The quantitative estimate of drug-likeness (QED) is 0.0705. The molecule has 0 amide bonds. The number of ether oxygens (including phenoxy) is 1. The lowest BCUT2D eigenvalue weighted by atomic mass is 9.84. The van der Waals surface area contributed by atoms with Crippen molar-refractivity contribution in [3.8, 4) is 112 Å². The van der Waals surface area contributed by atoms with Crippen LogP contribution in [-0.4, -0.2) is 0 Å². The zero-order chi connectivity index (χ0) is 77.6. The summed E-state index contributed by atoms with van der Waals surface area (Å²) in [6.45, 7) is 41.2. The lowest BCUT2D eigenvalue weighted by Gasteiger charge is -2.34. The van der Waals surface area contributed by atoms with Crippen LogP contribution in [0, 0.1) is 27.7 Å². The average Bonchev–Trinajstić information content (AvgIpc) is 0.739. The molecule has 558 valence electrons. The van der Waals surface area contributed by atoms with Gasteiger partial charge in [-0.15, -0.1) is 0 Å². The van der Waals surface area contributed by atoms with Crippen LogP contribution in [0.3, 0.4) is 0 Å². The Bertz CT molecular complexity index is 5180. The predicted molar refractivity (Wildman–Crippen MR) is 477 cm³/mol. The standard InChI is InChI=1S/C108H115NO/c1-19-21-23-25-27-74-49-71(4)51-90(56-74)97-53-73(6)54-99-98(91-52-72(5)50-75(57-91)28-26-24-22-20-2)67-89(68-100(97)99)80-38-48-102-104(69-80)110-103-55-70(3)29-47-101(103)109(102)96-65-87(85-60-81(76-30-39-92(40-31-76)105(7,8)9)58-82(61-85)77-32-41-93(42-33-77)106(10,11)12)64-88(66-96)86-62-83(78-34-43-94(44-35-78)107(13,14)15)59-84(63-86)79-36-45-95(46-37-79)108(16,17)18/h29-69H,19-28H2,1-18H3. The minimum Gasteiger partial charge on any atom is -0.453 e. The molecule has 0 N–H and O–H groups in total. The van der Waals surface area contributed by atoms with Gasteiger partial charge in [0.15, 0.2) is 11.5 Å². The van der Waals surface area contributed by atoms with Gasteiger partial charge in [0.1, 0.15) is 0 Å². The second kappa shape index (κ2) is 31.2. The first-order valence-electron chi connectivity index (χ1n) is 40.9. The van der Waals surface area contributed by atoms with Crippen LogP contribution in [0.1, 0.15) is 204 Å². The molecule has 13 aromatic carbocycles. The fourth-order valence-electron chi connectivity index (χ4n) is 16.4. The van der Waals surface area contributed by atoms with E-state index in [4.69, 9.17) is 4.74 Å². The Morgan fingerprint density at radius 1 is 0.245 bits per heavy atom. The Kier molecular flexibility index (Phi) is 21.7. The molecule has 0 fully saturated rings. The third-order valence-corrected chi connectivity index (χ3v) is 22.9. The minimum atomic E-state index is 0.0133. The molecule has 1 heterocycles. The number of anilines is 3. The maximum Gasteiger partial charge on any atom is 0.152 e. The van der Waals surface area contributed by atoms with Gasteiger partial charge in [-0.2, -0.15) is 0 Å². The molecule has 0 spiro atoms. The third-order valence-electron chi connectivity index (χ3n) is 22.9. The van der Waals surface area contributed by atoms with E-state index in [1.165, 1.54) is 179 Å². The van der Waals surface area contributed by atoms with Gasteiger partial charge in [-0.25, -0.2) is 0 Å². The zero-order valence-corrected chi connectivity index (χ0v) is 69.1. The molecule has 0 unspecified atom stereocenters. The van der Waals surface area contributed by atoms with E-state index >= 15 is 0 Å². The second-order valence-electron chi connectivity index (χ2n) is 36.2. The van der Waals surface area contributed by atoms with E-state index in [1.807, 2.05) is 0 Å². The van der Waals surface area contributed by atoms with E-state index in [0.717, 1.165) is 80.3 Å². The molecule has 1 aliphatic heterocycles. The van der Waals surface area contributed by atoms with Gasteiger partial charge in [0, 0.05) is 5.69 Å². The van der Waals surface area contributed by atoms with Crippen molar-refractivity contribution in [3.63, 3.8) is 0 Å². The van der Waals surface area contributed by atoms with Crippen molar-refractivity contribution in [1.82, 2.24) is 0 Å². The number of nitrogens with zero attached hydrogens (tertiary/aromatic N) is 1. The molecule has 0 aliphatic carbocycles. The Hall–Kier alpha value is -10.3. The van der Waals surface area contributed by atoms with Crippen LogP contribution in [0.4, 0.5) is 17.1 Å². The lowest BCUT2D eigenvalue weighted by Crippen LogP contribution is -2.16. The summed E-state index contributed by atoms with van der Waals surface area (Å²) in [4.78, 5) is 2.48. The number of hydrogen-bond acceptors (Lipinski definition) is 2. The van der Waals surface area contributed by atoms with Crippen molar-refractivity contribution in [3.05, 3.63) is 304 Å². The normalized spacial score (nSPS) is 12.5. The Balaban J connectivity index is 0.999. The van der Waals surface area contributed by atoms with Gasteiger partial charge >= 0.3 is 0 Å². The Morgan fingerprint density at radius 2 is 0.573 bits per heavy atom. The van der Waals surface area contributed by atoms with Crippen molar-refractivity contribution in [1.29, 1.82) is 0 Å². The van der Waals surface area contributed by atoms with Crippen molar-refractivity contribution < 1.29 is 4.74 Å². The van der Waals surface area contributed by atoms with Crippen LogP contribution in [0.2, 0.25) is 0 Å². The van der Waals surface area contributed by atoms with Crippen molar-refractivity contribution >= 4 is 27.8 Å². The van der Waals surface area contributed by atoms with Crippen LogP contribution < -0.4 is 9.64 Å². The van der Waals surface area contributed by atoms with Gasteiger partial charge < -0.3 is 9.64 Å². The first-order valence-corrected chi connectivity index (χ1v) is 40.9. The summed E-state index contributed by atoms with van der Waals surface area (Å²) >= 11 is 0.